The zero-order chi connectivity index (χ0) is 20.2. The first kappa shape index (κ1) is 20.4. The second-order valence-corrected chi connectivity index (χ2v) is 6.55. The maximum Gasteiger partial charge on any atom is 0.334 e. The summed E-state index contributed by atoms with van der Waals surface area (Å²) in [4.78, 5) is 37.7. The summed E-state index contributed by atoms with van der Waals surface area (Å²) in [6, 6.07) is 6.21. The van der Waals surface area contributed by atoms with Gasteiger partial charge in [-0.2, -0.15) is 0 Å². The molecule has 2 N–H and O–H groups in total. The predicted molar refractivity (Wildman–Crippen MR) is 97.2 cm³/mol. The molecular weight excluding hydrogens is 374 g/mol. The second kappa shape index (κ2) is 8.17. The number of carboxylic acids is 1. The third-order valence-corrected chi connectivity index (χ3v) is 4.38. The molecule has 1 aromatic carbocycles. The van der Waals surface area contributed by atoms with E-state index in [4.69, 9.17) is 11.6 Å². The lowest BCUT2D eigenvalue weighted by molar-refractivity contribution is -0.145. The fourth-order valence-electron chi connectivity index (χ4n) is 2.44. The monoisotopic (exact) mass is 393 g/mol. The molecule has 27 heavy (non-hydrogen) atoms. The number of amides is 2. The fraction of sp³-hybridized carbons (Fsp3) is 0.353. The molecular formula is C17H20ClN5O4. The van der Waals surface area contributed by atoms with Gasteiger partial charge in [0.2, 0.25) is 5.91 Å². The molecule has 0 aliphatic heterocycles. The molecule has 2 amide bonds. The van der Waals surface area contributed by atoms with Crippen LogP contribution in [0.4, 0.5) is 0 Å². The molecule has 0 saturated carbocycles. The molecule has 2 rings (SSSR count). The van der Waals surface area contributed by atoms with Crippen LogP contribution in [0.15, 0.2) is 30.5 Å². The zero-order valence-corrected chi connectivity index (χ0v) is 15.9. The van der Waals surface area contributed by atoms with E-state index in [1.165, 1.54) is 15.8 Å². The second-order valence-electron chi connectivity index (χ2n) is 6.11. The van der Waals surface area contributed by atoms with Crippen LogP contribution < -0.4 is 5.32 Å². The van der Waals surface area contributed by atoms with E-state index in [2.05, 4.69) is 15.6 Å². The normalized spacial score (nSPS) is 12.9. The van der Waals surface area contributed by atoms with Crippen molar-refractivity contribution in [1.82, 2.24) is 25.2 Å². The van der Waals surface area contributed by atoms with Crippen LogP contribution in [0.3, 0.4) is 0 Å². The van der Waals surface area contributed by atoms with E-state index >= 15 is 0 Å². The maximum atomic E-state index is 12.6. The van der Waals surface area contributed by atoms with E-state index in [9.17, 15) is 19.5 Å². The molecule has 0 spiro atoms. The third kappa shape index (κ3) is 4.43. The molecule has 2 aromatic rings. The molecule has 1 atom stereocenters. The van der Waals surface area contributed by atoms with E-state index in [-0.39, 0.29) is 24.6 Å². The van der Waals surface area contributed by atoms with Crippen LogP contribution in [0.2, 0.25) is 5.02 Å². The van der Waals surface area contributed by atoms with Crippen LogP contribution >= 0.6 is 11.6 Å². The molecule has 1 unspecified atom stereocenters. The summed E-state index contributed by atoms with van der Waals surface area (Å²) in [5, 5.41) is 20.2. The van der Waals surface area contributed by atoms with E-state index in [1.54, 1.807) is 45.3 Å². The average molecular weight is 394 g/mol. The molecule has 1 heterocycles. The third-order valence-electron chi connectivity index (χ3n) is 4.13. The molecule has 10 heteroatoms. The molecule has 0 radical (unpaired) electrons. The van der Waals surface area contributed by atoms with Crippen molar-refractivity contribution in [2.75, 3.05) is 14.1 Å². The van der Waals surface area contributed by atoms with Gasteiger partial charge < -0.3 is 15.3 Å². The Morgan fingerprint density at radius 2 is 1.89 bits per heavy atom. The number of aliphatic carboxylic acids is 1. The summed E-state index contributed by atoms with van der Waals surface area (Å²) < 4.78 is 1.22. The Bertz CT molecular complexity index is 849. The summed E-state index contributed by atoms with van der Waals surface area (Å²) in [5.41, 5.74) is -1.36. The number of carbonyl (C=O) groups excluding carboxylic acids is 2. The van der Waals surface area contributed by atoms with Gasteiger partial charge in [-0.05, 0) is 24.1 Å². The van der Waals surface area contributed by atoms with Crippen molar-refractivity contribution in [2.24, 2.45) is 0 Å². The highest BCUT2D eigenvalue weighted by Gasteiger charge is 2.41. The first-order valence-electron chi connectivity index (χ1n) is 8.12. The average Bonchev–Trinajstić information content (AvgIpc) is 3.08. The maximum absolute atomic E-state index is 12.6. The lowest BCUT2D eigenvalue weighted by Gasteiger charge is -2.29. The fourth-order valence-corrected chi connectivity index (χ4v) is 2.57. The van der Waals surface area contributed by atoms with Gasteiger partial charge in [-0.15, -0.1) is 5.10 Å². The summed E-state index contributed by atoms with van der Waals surface area (Å²) >= 11 is 5.87. The molecule has 9 nitrogen and oxygen atoms in total. The molecule has 0 fully saturated rings. The van der Waals surface area contributed by atoms with Gasteiger partial charge in [0.25, 0.3) is 5.91 Å². The summed E-state index contributed by atoms with van der Waals surface area (Å²) in [7, 11) is 3.20. The van der Waals surface area contributed by atoms with E-state index in [0.717, 1.165) is 0 Å². The minimum Gasteiger partial charge on any atom is -0.479 e. The van der Waals surface area contributed by atoms with Crippen molar-refractivity contribution in [1.29, 1.82) is 0 Å². The van der Waals surface area contributed by atoms with E-state index in [0.29, 0.717) is 10.6 Å². The number of likely N-dealkylation sites (N-methyl/N-ethyl adjacent to an activating group) is 1. The molecule has 1 aromatic heterocycles. The summed E-state index contributed by atoms with van der Waals surface area (Å²) in [6.45, 7) is 1.57. The van der Waals surface area contributed by atoms with Gasteiger partial charge >= 0.3 is 5.97 Å². The van der Waals surface area contributed by atoms with Crippen LogP contribution in [0.1, 0.15) is 29.4 Å². The number of hydrogen-bond donors (Lipinski definition) is 2. The quantitative estimate of drug-likeness (QED) is 0.728. The highest BCUT2D eigenvalue weighted by Crippen LogP contribution is 2.27. The number of nitrogens with zero attached hydrogens (tertiary/aromatic N) is 4. The SMILES string of the molecule is CCC(NC(=O)c1cn(CC(=O)N(C)C)nn1)(C(=O)O)c1ccc(Cl)cc1. The standard InChI is InChI=1S/C17H20ClN5O4/c1-4-17(16(26)27,11-5-7-12(18)8-6-11)19-15(25)13-9-23(21-20-13)10-14(24)22(2)3/h5-9H,4,10H2,1-3H3,(H,19,25)(H,26,27). The Hall–Kier alpha value is -2.94. The Balaban J connectivity index is 2.27. The minimum absolute atomic E-state index is 0.0810. The first-order chi connectivity index (χ1) is 12.7. The number of carbonyl (C=O) groups is 3. The van der Waals surface area contributed by atoms with Crippen molar-refractivity contribution < 1.29 is 19.5 Å². The lowest BCUT2D eigenvalue weighted by Crippen LogP contribution is -2.51. The van der Waals surface area contributed by atoms with Crippen LogP contribution in [0.5, 0.6) is 0 Å². The van der Waals surface area contributed by atoms with Crippen LogP contribution in [-0.2, 0) is 21.7 Å². The van der Waals surface area contributed by atoms with Gasteiger partial charge in [0, 0.05) is 19.1 Å². The number of aromatic nitrogens is 3. The van der Waals surface area contributed by atoms with Crippen molar-refractivity contribution in [3.8, 4) is 0 Å². The Labute approximate surface area is 160 Å². The number of benzene rings is 1. The van der Waals surface area contributed by atoms with Crippen LogP contribution in [0.25, 0.3) is 0 Å². The molecule has 0 aliphatic carbocycles. The number of nitrogens with one attached hydrogen (secondary N) is 1. The van der Waals surface area contributed by atoms with Gasteiger partial charge in [0.1, 0.15) is 6.54 Å². The minimum atomic E-state index is -1.65. The highest BCUT2D eigenvalue weighted by atomic mass is 35.5. The molecule has 0 bridgehead atoms. The number of hydrogen-bond acceptors (Lipinski definition) is 5. The van der Waals surface area contributed by atoms with E-state index in [1.807, 2.05) is 0 Å². The van der Waals surface area contributed by atoms with Gasteiger partial charge in [0.15, 0.2) is 11.2 Å². The van der Waals surface area contributed by atoms with Gasteiger partial charge in [-0.3, -0.25) is 9.59 Å². The summed E-state index contributed by atoms with van der Waals surface area (Å²) in [5.74, 6) is -2.14. The summed E-state index contributed by atoms with van der Waals surface area (Å²) in [6.07, 6.45) is 1.39. The Morgan fingerprint density at radius 1 is 1.26 bits per heavy atom. The molecule has 144 valence electrons. The van der Waals surface area contributed by atoms with Crippen molar-refractivity contribution in [3.05, 3.63) is 46.7 Å². The molecule has 0 saturated heterocycles. The van der Waals surface area contributed by atoms with Gasteiger partial charge in [-0.25, -0.2) is 9.48 Å². The van der Waals surface area contributed by atoms with E-state index < -0.39 is 17.4 Å². The highest BCUT2D eigenvalue weighted by molar-refractivity contribution is 6.30. The van der Waals surface area contributed by atoms with Crippen LogP contribution in [-0.4, -0.2) is 56.9 Å². The zero-order valence-electron chi connectivity index (χ0n) is 15.1. The number of carboxylic acid groups (broad SMARTS) is 1. The number of rotatable bonds is 7. The van der Waals surface area contributed by atoms with Gasteiger partial charge in [-0.1, -0.05) is 35.9 Å². The van der Waals surface area contributed by atoms with Crippen molar-refractivity contribution >= 4 is 29.4 Å². The lowest BCUT2D eigenvalue weighted by atomic mass is 9.87. The van der Waals surface area contributed by atoms with Gasteiger partial charge in [0.05, 0.1) is 6.20 Å². The largest absolute Gasteiger partial charge is 0.479 e. The van der Waals surface area contributed by atoms with Crippen molar-refractivity contribution in [2.45, 2.75) is 25.4 Å². The molecule has 0 aliphatic rings. The first-order valence-corrected chi connectivity index (χ1v) is 8.49. The van der Waals surface area contributed by atoms with Crippen molar-refractivity contribution in [3.63, 3.8) is 0 Å². The van der Waals surface area contributed by atoms with Crippen LogP contribution in [0, 0.1) is 0 Å². The smallest absolute Gasteiger partial charge is 0.334 e. The predicted octanol–water partition coefficient (Wildman–Crippen LogP) is 1.14. The number of halogens is 1. The topological polar surface area (TPSA) is 117 Å². The Morgan fingerprint density at radius 3 is 2.41 bits per heavy atom. The Kier molecular flexibility index (Phi) is 6.17.